The van der Waals surface area contributed by atoms with Crippen LogP contribution in [0.5, 0.6) is 0 Å². The minimum atomic E-state index is -0.581. The number of fused-ring (bicyclic) bond motifs is 1. The molecule has 1 amide bonds. The van der Waals surface area contributed by atoms with Gasteiger partial charge in [0.1, 0.15) is 22.8 Å². The Labute approximate surface area is 179 Å². The average molecular weight is 444 g/mol. The number of carbonyl (C=O) groups is 1. The van der Waals surface area contributed by atoms with Crippen LogP contribution in [-0.4, -0.2) is 25.2 Å². The Balaban J connectivity index is 1.55. The molecule has 31 heavy (non-hydrogen) atoms. The van der Waals surface area contributed by atoms with Crippen LogP contribution in [0.1, 0.15) is 12.2 Å². The van der Waals surface area contributed by atoms with Gasteiger partial charge in [-0.05, 0) is 49.4 Å². The molecule has 0 aliphatic carbocycles. The monoisotopic (exact) mass is 443 g/mol. The molecule has 10 heteroatoms. The minimum Gasteiger partial charge on any atom is -0.326 e. The molecule has 0 atom stereocenters. The van der Waals surface area contributed by atoms with Gasteiger partial charge in [-0.3, -0.25) is 14.2 Å². The Bertz CT molecular complexity index is 1350. The van der Waals surface area contributed by atoms with Crippen LogP contribution < -0.4 is 10.9 Å². The number of carbonyl (C=O) groups excluding carboxylic acids is 1. The molecule has 0 fully saturated rings. The second kappa shape index (κ2) is 8.27. The summed E-state index contributed by atoms with van der Waals surface area (Å²) in [6.45, 7) is 1.75. The lowest BCUT2D eigenvalue weighted by atomic mass is 10.3. The number of halogens is 3. The fourth-order valence-electron chi connectivity index (χ4n) is 3.15. The van der Waals surface area contributed by atoms with Crippen molar-refractivity contribution in [3.05, 3.63) is 81.5 Å². The number of aromatic nitrogens is 4. The van der Waals surface area contributed by atoms with Gasteiger partial charge in [-0.25, -0.2) is 18.4 Å². The summed E-state index contributed by atoms with van der Waals surface area (Å²) in [6.07, 6.45) is 1.39. The van der Waals surface area contributed by atoms with Crippen molar-refractivity contribution in [1.29, 1.82) is 0 Å². The zero-order valence-corrected chi connectivity index (χ0v) is 17.0. The van der Waals surface area contributed by atoms with Gasteiger partial charge in [0.25, 0.3) is 5.56 Å². The smallest absolute Gasteiger partial charge is 0.264 e. The fourth-order valence-corrected chi connectivity index (χ4v) is 3.33. The van der Waals surface area contributed by atoms with E-state index in [2.05, 4.69) is 15.4 Å². The van der Waals surface area contributed by atoms with E-state index < -0.39 is 5.82 Å². The van der Waals surface area contributed by atoms with E-state index in [4.69, 9.17) is 11.6 Å². The zero-order chi connectivity index (χ0) is 22.1. The first-order chi connectivity index (χ1) is 14.8. The molecule has 0 saturated heterocycles. The summed E-state index contributed by atoms with van der Waals surface area (Å²) in [4.78, 5) is 29.6. The van der Waals surface area contributed by atoms with Crippen LogP contribution in [0.25, 0.3) is 16.7 Å². The number of anilines is 1. The first-order valence-electron chi connectivity index (χ1n) is 9.29. The second-order valence-corrected chi connectivity index (χ2v) is 7.22. The first kappa shape index (κ1) is 20.7. The largest absolute Gasteiger partial charge is 0.326 e. The summed E-state index contributed by atoms with van der Waals surface area (Å²) in [7, 11) is 0. The van der Waals surface area contributed by atoms with Crippen LogP contribution in [0.4, 0.5) is 14.5 Å². The van der Waals surface area contributed by atoms with E-state index in [1.807, 2.05) is 0 Å². The van der Waals surface area contributed by atoms with Crippen LogP contribution in [0.2, 0.25) is 5.02 Å². The molecule has 0 spiro atoms. The number of aryl methyl sites for hydroxylation is 1. The molecule has 2 heterocycles. The van der Waals surface area contributed by atoms with Gasteiger partial charge >= 0.3 is 0 Å². The van der Waals surface area contributed by atoms with Crippen LogP contribution in [0.15, 0.2) is 53.5 Å². The van der Waals surface area contributed by atoms with E-state index >= 15 is 0 Å². The summed E-state index contributed by atoms with van der Waals surface area (Å²) < 4.78 is 29.3. The van der Waals surface area contributed by atoms with E-state index in [1.165, 1.54) is 51.8 Å². The maximum atomic E-state index is 13.2. The molecule has 0 saturated carbocycles. The van der Waals surface area contributed by atoms with Crippen molar-refractivity contribution in [3.8, 4) is 5.69 Å². The van der Waals surface area contributed by atoms with Crippen LogP contribution in [-0.2, 0) is 11.3 Å². The van der Waals surface area contributed by atoms with E-state index in [0.29, 0.717) is 22.8 Å². The van der Waals surface area contributed by atoms with Crippen LogP contribution in [0, 0.1) is 18.6 Å². The molecule has 0 radical (unpaired) electrons. The second-order valence-electron chi connectivity index (χ2n) is 6.81. The molecule has 4 rings (SSSR count). The van der Waals surface area contributed by atoms with Crippen molar-refractivity contribution in [2.45, 2.75) is 19.9 Å². The van der Waals surface area contributed by atoms with Crippen LogP contribution >= 0.6 is 11.6 Å². The average Bonchev–Trinajstić information content (AvgIpc) is 3.15. The number of rotatable bonds is 5. The minimum absolute atomic E-state index is 0.00493. The Morgan fingerprint density at radius 3 is 2.61 bits per heavy atom. The molecule has 0 aliphatic rings. The molecule has 4 aromatic rings. The Kier molecular flexibility index (Phi) is 5.51. The third-order valence-electron chi connectivity index (χ3n) is 4.71. The fraction of sp³-hybridized carbons (Fsp3) is 0.143. The lowest BCUT2D eigenvalue weighted by Crippen LogP contribution is -2.26. The molecule has 2 aromatic carbocycles. The molecule has 0 bridgehead atoms. The number of nitrogens with one attached hydrogen (secondary N) is 1. The van der Waals surface area contributed by atoms with Crippen molar-refractivity contribution in [1.82, 2.24) is 19.3 Å². The van der Waals surface area contributed by atoms with Gasteiger partial charge in [0.15, 0.2) is 5.65 Å². The number of hydrogen-bond acceptors (Lipinski definition) is 4. The molecule has 0 unspecified atom stereocenters. The predicted octanol–water partition coefficient (Wildman–Crippen LogP) is 3.85. The number of hydrogen-bond donors (Lipinski definition) is 1. The van der Waals surface area contributed by atoms with Gasteiger partial charge < -0.3 is 5.32 Å². The van der Waals surface area contributed by atoms with Gasteiger partial charge in [-0.2, -0.15) is 5.10 Å². The Hall–Kier alpha value is -3.59. The Morgan fingerprint density at radius 2 is 1.90 bits per heavy atom. The molecular formula is C21H16ClF2N5O2. The molecule has 2 aromatic heterocycles. The normalized spacial score (nSPS) is 11.1. The summed E-state index contributed by atoms with van der Waals surface area (Å²) in [5, 5.41) is 6.99. The molecule has 7 nitrogen and oxygen atoms in total. The highest BCUT2D eigenvalue weighted by Gasteiger charge is 2.15. The summed E-state index contributed by atoms with van der Waals surface area (Å²) in [5.41, 5.74) is 0.927. The highest BCUT2D eigenvalue weighted by Crippen LogP contribution is 2.19. The SMILES string of the molecule is Cc1nc2c(cnn2-c2ccc(F)cc2)c(=O)n1CCC(=O)Nc1ccc(F)c(Cl)c1. The lowest BCUT2D eigenvalue weighted by molar-refractivity contribution is -0.116. The van der Waals surface area contributed by atoms with Gasteiger partial charge in [0, 0.05) is 18.7 Å². The highest BCUT2D eigenvalue weighted by atomic mass is 35.5. The standard InChI is InChI=1S/C21H16ClF2N5O2/c1-12-26-20-16(11-25-29(20)15-5-2-13(23)3-6-15)21(31)28(12)9-8-19(30)27-14-4-7-18(24)17(22)10-14/h2-7,10-11H,8-9H2,1H3,(H,27,30). The third kappa shape index (κ3) is 4.17. The van der Waals surface area contributed by atoms with Crippen molar-refractivity contribution in [2.24, 2.45) is 0 Å². The van der Waals surface area contributed by atoms with E-state index in [-0.39, 0.29) is 40.7 Å². The quantitative estimate of drug-likeness (QED) is 0.508. The maximum Gasteiger partial charge on any atom is 0.264 e. The Morgan fingerprint density at radius 1 is 1.16 bits per heavy atom. The van der Waals surface area contributed by atoms with E-state index in [9.17, 15) is 18.4 Å². The van der Waals surface area contributed by atoms with E-state index in [0.717, 1.165) is 6.07 Å². The van der Waals surface area contributed by atoms with Crippen molar-refractivity contribution >= 4 is 34.2 Å². The topological polar surface area (TPSA) is 81.8 Å². The highest BCUT2D eigenvalue weighted by molar-refractivity contribution is 6.31. The molecule has 1 N–H and O–H groups in total. The lowest BCUT2D eigenvalue weighted by Gasteiger charge is -2.11. The van der Waals surface area contributed by atoms with Gasteiger partial charge in [0.05, 0.1) is 16.9 Å². The number of amides is 1. The van der Waals surface area contributed by atoms with Gasteiger partial charge in [-0.15, -0.1) is 0 Å². The van der Waals surface area contributed by atoms with Crippen molar-refractivity contribution < 1.29 is 13.6 Å². The van der Waals surface area contributed by atoms with Crippen molar-refractivity contribution in [3.63, 3.8) is 0 Å². The summed E-state index contributed by atoms with van der Waals surface area (Å²) in [5.74, 6) is -0.926. The summed E-state index contributed by atoms with van der Waals surface area (Å²) in [6, 6.07) is 9.53. The number of benzene rings is 2. The number of nitrogens with zero attached hydrogens (tertiary/aromatic N) is 4. The summed E-state index contributed by atoms with van der Waals surface area (Å²) >= 11 is 5.71. The van der Waals surface area contributed by atoms with Gasteiger partial charge in [-0.1, -0.05) is 11.6 Å². The van der Waals surface area contributed by atoms with Gasteiger partial charge in [0.2, 0.25) is 5.91 Å². The predicted molar refractivity (Wildman–Crippen MR) is 112 cm³/mol. The molecule has 158 valence electrons. The molecular weight excluding hydrogens is 428 g/mol. The third-order valence-corrected chi connectivity index (χ3v) is 5.00. The maximum absolute atomic E-state index is 13.2. The zero-order valence-electron chi connectivity index (χ0n) is 16.3. The van der Waals surface area contributed by atoms with Crippen LogP contribution in [0.3, 0.4) is 0 Å². The first-order valence-corrected chi connectivity index (χ1v) is 9.67. The molecule has 0 aliphatic heterocycles. The van der Waals surface area contributed by atoms with Crippen molar-refractivity contribution in [2.75, 3.05) is 5.32 Å². The van der Waals surface area contributed by atoms with E-state index in [1.54, 1.807) is 6.92 Å².